The molecule has 2 unspecified atom stereocenters. The normalized spacial score (nSPS) is 13.9. The minimum Gasteiger partial charge on any atom is -0.373 e. The van der Waals surface area contributed by atoms with E-state index in [0.717, 1.165) is 0 Å². The van der Waals surface area contributed by atoms with Crippen LogP contribution in [0.1, 0.15) is 13.8 Å². The SMILES string of the molecule is CNC(=O)C(NC(C)=O)C(OC)C(C)=N. The minimum absolute atomic E-state index is 0.180. The topological polar surface area (TPSA) is 91.3 Å². The van der Waals surface area contributed by atoms with Gasteiger partial charge in [-0.1, -0.05) is 0 Å². The summed E-state index contributed by atoms with van der Waals surface area (Å²) >= 11 is 0. The predicted molar refractivity (Wildman–Crippen MR) is 55.9 cm³/mol. The molecule has 0 aliphatic heterocycles. The third-order valence-electron chi connectivity index (χ3n) is 1.87. The van der Waals surface area contributed by atoms with Crippen LogP contribution < -0.4 is 10.6 Å². The number of likely N-dealkylation sites (N-methyl/N-ethyl adjacent to an activating group) is 1. The molecule has 86 valence electrons. The number of carbonyl (C=O) groups excluding carboxylic acids is 2. The van der Waals surface area contributed by atoms with Gasteiger partial charge in [-0.2, -0.15) is 0 Å². The van der Waals surface area contributed by atoms with E-state index in [1.165, 1.54) is 28.0 Å². The van der Waals surface area contributed by atoms with Crippen molar-refractivity contribution in [1.82, 2.24) is 10.6 Å². The molecule has 6 heteroatoms. The number of carbonyl (C=O) groups is 2. The van der Waals surface area contributed by atoms with Gasteiger partial charge in [-0.25, -0.2) is 0 Å². The Bertz CT molecular complexity index is 265. The second kappa shape index (κ2) is 6.13. The summed E-state index contributed by atoms with van der Waals surface area (Å²) in [6, 6.07) is -0.866. The molecule has 0 saturated heterocycles. The molecule has 15 heavy (non-hydrogen) atoms. The van der Waals surface area contributed by atoms with E-state index in [1.54, 1.807) is 0 Å². The van der Waals surface area contributed by atoms with Crippen molar-refractivity contribution in [2.24, 2.45) is 0 Å². The molecular weight excluding hydrogens is 198 g/mol. The van der Waals surface area contributed by atoms with E-state index in [-0.39, 0.29) is 17.5 Å². The molecule has 0 bridgehead atoms. The maximum Gasteiger partial charge on any atom is 0.245 e. The van der Waals surface area contributed by atoms with Crippen molar-refractivity contribution in [1.29, 1.82) is 5.41 Å². The van der Waals surface area contributed by atoms with Crippen LogP contribution in [0.15, 0.2) is 0 Å². The molecule has 0 heterocycles. The van der Waals surface area contributed by atoms with Gasteiger partial charge in [0, 0.05) is 26.8 Å². The van der Waals surface area contributed by atoms with Crippen LogP contribution in [0.5, 0.6) is 0 Å². The summed E-state index contributed by atoms with van der Waals surface area (Å²) in [4.78, 5) is 22.4. The Labute approximate surface area is 88.9 Å². The molecule has 0 rings (SSSR count). The van der Waals surface area contributed by atoms with Gasteiger partial charge in [-0.05, 0) is 6.92 Å². The fourth-order valence-corrected chi connectivity index (χ4v) is 1.22. The van der Waals surface area contributed by atoms with Crippen molar-refractivity contribution < 1.29 is 14.3 Å². The molecule has 6 nitrogen and oxygen atoms in total. The number of rotatable bonds is 5. The van der Waals surface area contributed by atoms with Crippen molar-refractivity contribution in [2.75, 3.05) is 14.2 Å². The van der Waals surface area contributed by atoms with Crippen LogP contribution in [-0.2, 0) is 14.3 Å². The van der Waals surface area contributed by atoms with Gasteiger partial charge in [0.05, 0.1) is 0 Å². The summed E-state index contributed by atoms with van der Waals surface area (Å²) < 4.78 is 5.00. The number of nitrogens with one attached hydrogen (secondary N) is 3. The van der Waals surface area contributed by atoms with E-state index in [2.05, 4.69) is 10.6 Å². The fourth-order valence-electron chi connectivity index (χ4n) is 1.22. The number of hydrogen-bond acceptors (Lipinski definition) is 4. The first-order valence-corrected chi connectivity index (χ1v) is 4.50. The third-order valence-corrected chi connectivity index (χ3v) is 1.87. The fraction of sp³-hybridized carbons (Fsp3) is 0.667. The standard InChI is InChI=1S/C9H17N3O3/c1-5(10)8(15-4)7(9(14)11-3)12-6(2)13/h7-8,10H,1-4H3,(H,11,14)(H,12,13). The molecule has 0 aromatic rings. The number of methoxy groups -OCH3 is 1. The summed E-state index contributed by atoms with van der Waals surface area (Å²) in [5, 5.41) is 12.3. The van der Waals surface area contributed by atoms with Crippen molar-refractivity contribution in [3.63, 3.8) is 0 Å². The van der Waals surface area contributed by atoms with Crippen LogP contribution >= 0.6 is 0 Å². The molecule has 0 spiro atoms. The van der Waals surface area contributed by atoms with Gasteiger partial charge in [0.15, 0.2) is 0 Å². The molecule has 2 amide bonds. The summed E-state index contributed by atoms with van der Waals surface area (Å²) in [6.45, 7) is 2.83. The molecule has 0 radical (unpaired) electrons. The molecule has 3 N–H and O–H groups in total. The van der Waals surface area contributed by atoms with Crippen LogP contribution in [0.2, 0.25) is 0 Å². The summed E-state index contributed by atoms with van der Waals surface area (Å²) in [5.41, 5.74) is 0.180. The minimum atomic E-state index is -0.866. The number of amides is 2. The maximum atomic E-state index is 11.4. The van der Waals surface area contributed by atoms with Gasteiger partial charge in [-0.3, -0.25) is 9.59 Å². The zero-order chi connectivity index (χ0) is 12.0. The van der Waals surface area contributed by atoms with Gasteiger partial charge >= 0.3 is 0 Å². The lowest BCUT2D eigenvalue weighted by molar-refractivity contribution is -0.130. The Morgan fingerprint density at radius 3 is 2.13 bits per heavy atom. The molecule has 0 aromatic carbocycles. The van der Waals surface area contributed by atoms with Gasteiger partial charge in [0.1, 0.15) is 12.1 Å². The van der Waals surface area contributed by atoms with Crippen LogP contribution in [0, 0.1) is 5.41 Å². The summed E-state index contributed by atoms with van der Waals surface area (Å²) in [5.74, 6) is -0.726. The van der Waals surface area contributed by atoms with Crippen molar-refractivity contribution in [3.8, 4) is 0 Å². The number of hydrogen-bond donors (Lipinski definition) is 3. The third kappa shape index (κ3) is 4.07. The smallest absolute Gasteiger partial charge is 0.245 e. The van der Waals surface area contributed by atoms with E-state index >= 15 is 0 Å². The lowest BCUT2D eigenvalue weighted by Gasteiger charge is -2.24. The van der Waals surface area contributed by atoms with Crippen molar-refractivity contribution in [2.45, 2.75) is 26.0 Å². The highest BCUT2D eigenvalue weighted by Crippen LogP contribution is 2.01. The molecule has 0 saturated carbocycles. The largest absolute Gasteiger partial charge is 0.373 e. The van der Waals surface area contributed by atoms with Crippen LogP contribution in [0.3, 0.4) is 0 Å². The predicted octanol–water partition coefficient (Wildman–Crippen LogP) is -0.708. The Morgan fingerprint density at radius 2 is 1.87 bits per heavy atom. The molecule has 0 aliphatic carbocycles. The molecular formula is C9H17N3O3. The Hall–Kier alpha value is -1.43. The van der Waals surface area contributed by atoms with E-state index in [0.29, 0.717) is 0 Å². The Morgan fingerprint density at radius 1 is 1.33 bits per heavy atom. The Kier molecular flexibility index (Phi) is 5.54. The lowest BCUT2D eigenvalue weighted by atomic mass is 10.1. The average Bonchev–Trinajstić information content (AvgIpc) is 2.15. The summed E-state index contributed by atoms with van der Waals surface area (Å²) in [6.07, 6.45) is -0.742. The number of ether oxygens (including phenoxy) is 1. The highest BCUT2D eigenvalue weighted by atomic mass is 16.5. The first-order valence-electron chi connectivity index (χ1n) is 4.50. The van der Waals surface area contributed by atoms with E-state index < -0.39 is 12.1 Å². The highest BCUT2D eigenvalue weighted by molar-refractivity contribution is 5.95. The van der Waals surface area contributed by atoms with Crippen molar-refractivity contribution >= 4 is 17.5 Å². The van der Waals surface area contributed by atoms with Gasteiger partial charge < -0.3 is 20.8 Å². The molecule has 0 fully saturated rings. The van der Waals surface area contributed by atoms with Gasteiger partial charge in [0.25, 0.3) is 0 Å². The Balaban J connectivity index is 4.80. The van der Waals surface area contributed by atoms with E-state index in [4.69, 9.17) is 10.1 Å². The highest BCUT2D eigenvalue weighted by Gasteiger charge is 2.29. The second-order valence-electron chi connectivity index (χ2n) is 3.13. The second-order valence-corrected chi connectivity index (χ2v) is 3.13. The first-order chi connectivity index (χ1) is 6.93. The first kappa shape index (κ1) is 13.6. The molecule has 2 atom stereocenters. The quantitative estimate of drug-likeness (QED) is 0.529. The summed E-state index contributed by atoms with van der Waals surface area (Å²) in [7, 11) is 2.85. The van der Waals surface area contributed by atoms with Gasteiger partial charge in [0.2, 0.25) is 11.8 Å². The van der Waals surface area contributed by atoms with Crippen molar-refractivity contribution in [3.05, 3.63) is 0 Å². The average molecular weight is 215 g/mol. The van der Waals surface area contributed by atoms with Crippen LogP contribution in [-0.4, -0.2) is 43.8 Å². The molecule has 0 aliphatic rings. The zero-order valence-corrected chi connectivity index (χ0v) is 9.38. The zero-order valence-electron chi connectivity index (χ0n) is 9.38. The maximum absolute atomic E-state index is 11.4. The monoisotopic (exact) mass is 215 g/mol. The lowest BCUT2D eigenvalue weighted by Crippen LogP contribution is -2.54. The van der Waals surface area contributed by atoms with E-state index in [9.17, 15) is 9.59 Å². The van der Waals surface area contributed by atoms with Gasteiger partial charge in [-0.15, -0.1) is 0 Å². The van der Waals surface area contributed by atoms with Crippen LogP contribution in [0.25, 0.3) is 0 Å². The van der Waals surface area contributed by atoms with E-state index in [1.807, 2.05) is 0 Å². The molecule has 0 aromatic heterocycles. The van der Waals surface area contributed by atoms with Crippen LogP contribution in [0.4, 0.5) is 0 Å².